The highest BCUT2D eigenvalue weighted by Crippen LogP contribution is 2.01. The van der Waals surface area contributed by atoms with Crippen molar-refractivity contribution in [3.05, 3.63) is 22.2 Å². The fourth-order valence-corrected chi connectivity index (χ4v) is 1.15. The zero-order valence-electron chi connectivity index (χ0n) is 9.95. The molecule has 0 saturated heterocycles. The number of aromatic nitrogens is 2. The van der Waals surface area contributed by atoms with Gasteiger partial charge in [-0.1, -0.05) is 13.8 Å². The lowest BCUT2D eigenvalue weighted by Crippen LogP contribution is -2.14. The van der Waals surface area contributed by atoms with Gasteiger partial charge >= 0.3 is 0 Å². The first-order valence-electron chi connectivity index (χ1n) is 5.36. The molecule has 1 heterocycles. The summed E-state index contributed by atoms with van der Waals surface area (Å²) in [6.45, 7) is 7.51. The van der Waals surface area contributed by atoms with Crippen LogP contribution in [0.2, 0.25) is 0 Å². The molecule has 0 atom stereocenters. The lowest BCUT2D eigenvalue weighted by atomic mass is 10.2. The Hall–Kier alpha value is -1.36. The Morgan fingerprint density at radius 2 is 2.19 bits per heavy atom. The number of ether oxygens (including phenoxy) is 2. The molecule has 0 spiro atoms. The summed E-state index contributed by atoms with van der Waals surface area (Å²) >= 11 is 0. The molecule has 0 unspecified atom stereocenters. The minimum absolute atomic E-state index is 0.203. The first kappa shape index (κ1) is 12.7. The van der Waals surface area contributed by atoms with Crippen molar-refractivity contribution in [2.24, 2.45) is 5.92 Å². The van der Waals surface area contributed by atoms with Gasteiger partial charge < -0.3 is 14.5 Å². The molecule has 5 heteroatoms. The number of nitrogens with zero attached hydrogens (tertiary/aromatic N) is 1. The van der Waals surface area contributed by atoms with Crippen molar-refractivity contribution in [1.29, 1.82) is 0 Å². The number of rotatable bonds is 6. The van der Waals surface area contributed by atoms with Gasteiger partial charge in [-0.2, -0.15) is 0 Å². The molecule has 0 saturated carbocycles. The Morgan fingerprint density at radius 1 is 1.44 bits per heavy atom. The number of nitrogens with one attached hydrogen (secondary N) is 1. The molecule has 0 bridgehead atoms. The van der Waals surface area contributed by atoms with Crippen LogP contribution >= 0.6 is 0 Å². The predicted molar refractivity (Wildman–Crippen MR) is 60.7 cm³/mol. The van der Waals surface area contributed by atoms with Gasteiger partial charge in [-0.3, -0.25) is 4.79 Å². The normalized spacial score (nSPS) is 10.8. The number of hydrogen-bond donors (Lipinski definition) is 1. The zero-order valence-corrected chi connectivity index (χ0v) is 9.95. The van der Waals surface area contributed by atoms with E-state index in [1.165, 1.54) is 6.07 Å². The Balaban J connectivity index is 2.29. The number of aromatic amines is 1. The third-order valence-electron chi connectivity index (χ3n) is 1.77. The first-order valence-corrected chi connectivity index (χ1v) is 5.36. The maximum Gasteiger partial charge on any atom is 0.254 e. The molecule has 1 aromatic rings. The summed E-state index contributed by atoms with van der Waals surface area (Å²) in [4.78, 5) is 17.7. The smallest absolute Gasteiger partial charge is 0.254 e. The van der Waals surface area contributed by atoms with Crippen molar-refractivity contribution in [2.75, 3.05) is 19.8 Å². The van der Waals surface area contributed by atoms with Crippen LogP contribution in [0.15, 0.2) is 10.9 Å². The Bertz CT molecular complexity index is 374. The van der Waals surface area contributed by atoms with Crippen LogP contribution < -0.4 is 10.3 Å². The van der Waals surface area contributed by atoms with Gasteiger partial charge in [0, 0.05) is 6.61 Å². The van der Waals surface area contributed by atoms with E-state index in [9.17, 15) is 4.79 Å². The fourth-order valence-electron chi connectivity index (χ4n) is 1.15. The van der Waals surface area contributed by atoms with Crippen molar-refractivity contribution in [3.8, 4) is 5.88 Å². The standard InChI is InChI=1S/C11H18N2O3/c1-8(2)7-15-4-5-16-11-6-10(14)12-9(3)13-11/h6,8H,4-5,7H2,1-3H3,(H,12,13,14). The minimum atomic E-state index is -0.203. The summed E-state index contributed by atoms with van der Waals surface area (Å²) in [6, 6.07) is 1.33. The van der Waals surface area contributed by atoms with E-state index >= 15 is 0 Å². The maximum atomic E-state index is 11.1. The molecule has 0 fully saturated rings. The molecular weight excluding hydrogens is 208 g/mol. The number of aryl methyl sites for hydroxylation is 1. The monoisotopic (exact) mass is 226 g/mol. The zero-order chi connectivity index (χ0) is 12.0. The maximum absolute atomic E-state index is 11.1. The van der Waals surface area contributed by atoms with Crippen molar-refractivity contribution in [2.45, 2.75) is 20.8 Å². The third-order valence-corrected chi connectivity index (χ3v) is 1.77. The highest BCUT2D eigenvalue weighted by atomic mass is 16.5. The van der Waals surface area contributed by atoms with Crippen molar-refractivity contribution >= 4 is 0 Å². The SMILES string of the molecule is Cc1nc(OCCOCC(C)C)cc(=O)[nH]1. The van der Waals surface area contributed by atoms with Crippen molar-refractivity contribution < 1.29 is 9.47 Å². The predicted octanol–water partition coefficient (Wildman–Crippen LogP) is 1.13. The van der Waals surface area contributed by atoms with Crippen LogP contribution in [-0.4, -0.2) is 29.8 Å². The first-order chi connectivity index (χ1) is 7.58. The second kappa shape index (κ2) is 6.27. The van der Waals surface area contributed by atoms with Crippen LogP contribution in [0.4, 0.5) is 0 Å². The average Bonchev–Trinajstić information content (AvgIpc) is 2.15. The molecule has 90 valence electrons. The van der Waals surface area contributed by atoms with Crippen LogP contribution in [0.5, 0.6) is 5.88 Å². The number of H-pyrrole nitrogens is 1. The van der Waals surface area contributed by atoms with E-state index in [-0.39, 0.29) is 5.56 Å². The van der Waals surface area contributed by atoms with E-state index in [2.05, 4.69) is 23.8 Å². The van der Waals surface area contributed by atoms with Gasteiger partial charge in [0.1, 0.15) is 12.4 Å². The Morgan fingerprint density at radius 3 is 2.81 bits per heavy atom. The molecule has 16 heavy (non-hydrogen) atoms. The van der Waals surface area contributed by atoms with E-state index in [4.69, 9.17) is 9.47 Å². The fraction of sp³-hybridized carbons (Fsp3) is 0.636. The van der Waals surface area contributed by atoms with Gasteiger partial charge in [0.15, 0.2) is 0 Å². The molecule has 0 aliphatic heterocycles. The van der Waals surface area contributed by atoms with Crippen LogP contribution in [-0.2, 0) is 4.74 Å². The molecule has 0 aliphatic rings. The van der Waals surface area contributed by atoms with Crippen LogP contribution in [0.25, 0.3) is 0 Å². The molecular formula is C11H18N2O3. The molecule has 5 nitrogen and oxygen atoms in total. The van der Waals surface area contributed by atoms with E-state index in [0.717, 1.165) is 0 Å². The lowest BCUT2D eigenvalue weighted by Gasteiger charge is -2.08. The molecule has 0 aliphatic carbocycles. The number of hydrogen-bond acceptors (Lipinski definition) is 4. The molecule has 0 aromatic carbocycles. The molecule has 0 amide bonds. The Labute approximate surface area is 94.8 Å². The van der Waals surface area contributed by atoms with E-state index in [1.54, 1.807) is 6.92 Å². The van der Waals surface area contributed by atoms with Crippen molar-refractivity contribution in [3.63, 3.8) is 0 Å². The minimum Gasteiger partial charge on any atom is -0.475 e. The van der Waals surface area contributed by atoms with E-state index in [0.29, 0.717) is 37.4 Å². The van der Waals surface area contributed by atoms with Gasteiger partial charge in [0.25, 0.3) is 5.56 Å². The van der Waals surface area contributed by atoms with Crippen LogP contribution in [0.3, 0.4) is 0 Å². The quantitative estimate of drug-likeness (QED) is 0.738. The molecule has 0 radical (unpaired) electrons. The summed E-state index contributed by atoms with van der Waals surface area (Å²) < 4.78 is 10.6. The van der Waals surface area contributed by atoms with Crippen molar-refractivity contribution in [1.82, 2.24) is 9.97 Å². The van der Waals surface area contributed by atoms with E-state index < -0.39 is 0 Å². The van der Waals surface area contributed by atoms with Gasteiger partial charge in [-0.05, 0) is 12.8 Å². The van der Waals surface area contributed by atoms with Crippen LogP contribution in [0, 0.1) is 12.8 Å². The largest absolute Gasteiger partial charge is 0.475 e. The average molecular weight is 226 g/mol. The second-order valence-electron chi connectivity index (χ2n) is 3.99. The van der Waals surface area contributed by atoms with Gasteiger partial charge in [0.2, 0.25) is 5.88 Å². The summed E-state index contributed by atoms with van der Waals surface area (Å²) in [6.07, 6.45) is 0. The van der Waals surface area contributed by atoms with Gasteiger partial charge in [-0.25, -0.2) is 4.98 Å². The summed E-state index contributed by atoms with van der Waals surface area (Å²) in [5, 5.41) is 0. The summed E-state index contributed by atoms with van der Waals surface area (Å²) in [7, 11) is 0. The topological polar surface area (TPSA) is 64.2 Å². The highest BCUT2D eigenvalue weighted by Gasteiger charge is 1.99. The highest BCUT2D eigenvalue weighted by molar-refractivity contribution is 5.07. The molecule has 1 N–H and O–H groups in total. The summed E-state index contributed by atoms with van der Waals surface area (Å²) in [5.74, 6) is 1.40. The van der Waals surface area contributed by atoms with Gasteiger partial charge in [-0.15, -0.1) is 0 Å². The lowest BCUT2D eigenvalue weighted by molar-refractivity contribution is 0.0805. The Kier molecular flexibility index (Phi) is 4.98. The second-order valence-corrected chi connectivity index (χ2v) is 3.99. The summed E-state index contributed by atoms with van der Waals surface area (Å²) in [5.41, 5.74) is -0.203. The van der Waals surface area contributed by atoms with Gasteiger partial charge in [0.05, 0.1) is 12.7 Å². The van der Waals surface area contributed by atoms with Crippen LogP contribution in [0.1, 0.15) is 19.7 Å². The third kappa shape index (κ3) is 4.93. The molecule has 1 aromatic heterocycles. The van der Waals surface area contributed by atoms with E-state index in [1.807, 2.05) is 0 Å². The molecule has 1 rings (SSSR count).